The van der Waals surface area contributed by atoms with Gasteiger partial charge in [0, 0.05) is 19.6 Å². The van der Waals surface area contributed by atoms with Crippen molar-refractivity contribution in [1.82, 2.24) is 9.97 Å². The van der Waals surface area contributed by atoms with Gasteiger partial charge in [-0.15, -0.1) is 0 Å². The molecule has 1 aromatic heterocycles. The Morgan fingerprint density at radius 3 is 2.59 bits per heavy atom. The number of rotatable bonds is 3. The van der Waals surface area contributed by atoms with Crippen LogP contribution in [-0.4, -0.2) is 29.6 Å². The van der Waals surface area contributed by atoms with Gasteiger partial charge in [-0.3, -0.25) is 0 Å². The lowest BCUT2D eigenvalue weighted by atomic mass is 10.2. The van der Waals surface area contributed by atoms with Gasteiger partial charge in [-0.2, -0.15) is 0 Å². The second-order valence-corrected chi connectivity index (χ2v) is 4.39. The Bertz CT molecular complexity index is 358. The zero-order valence-corrected chi connectivity index (χ0v) is 10.4. The largest absolute Gasteiger partial charge is 0.393 e. The summed E-state index contributed by atoms with van der Waals surface area (Å²) in [5.74, 6) is 1.64. The van der Waals surface area contributed by atoms with E-state index >= 15 is 0 Å². The number of hydrogen-bond donors (Lipinski definition) is 2. The lowest BCUT2D eigenvalue weighted by molar-refractivity contribution is 0.726. The smallest absolute Gasteiger partial charge is 0.157 e. The standard InChI is InChI=1S/C12H21N5/c1-2-14-11-10(13)12(16-9-15-11)17-7-5-3-4-6-8-17/h9H,2-8,13H2,1H3,(H,14,15,16). The molecule has 0 saturated carbocycles. The third kappa shape index (κ3) is 2.78. The molecule has 1 aromatic rings. The Labute approximate surface area is 102 Å². The molecule has 94 valence electrons. The van der Waals surface area contributed by atoms with E-state index in [1.165, 1.54) is 25.7 Å². The first kappa shape index (κ1) is 12.0. The molecule has 0 unspecified atom stereocenters. The molecule has 5 heteroatoms. The Hall–Kier alpha value is -1.52. The summed E-state index contributed by atoms with van der Waals surface area (Å²) in [6, 6.07) is 0. The molecule has 0 amide bonds. The van der Waals surface area contributed by atoms with Gasteiger partial charge in [0.2, 0.25) is 0 Å². The molecule has 0 bridgehead atoms. The quantitative estimate of drug-likeness (QED) is 0.837. The minimum absolute atomic E-state index is 0.677. The summed E-state index contributed by atoms with van der Waals surface area (Å²) in [5.41, 5.74) is 6.80. The fourth-order valence-electron chi connectivity index (χ4n) is 2.23. The molecule has 2 heterocycles. The fourth-order valence-corrected chi connectivity index (χ4v) is 2.23. The molecular formula is C12H21N5. The maximum absolute atomic E-state index is 6.12. The van der Waals surface area contributed by atoms with Crippen LogP contribution in [0.25, 0.3) is 0 Å². The van der Waals surface area contributed by atoms with Gasteiger partial charge in [-0.05, 0) is 19.8 Å². The van der Waals surface area contributed by atoms with Gasteiger partial charge in [-0.25, -0.2) is 9.97 Å². The van der Waals surface area contributed by atoms with Crippen LogP contribution in [0, 0.1) is 0 Å². The molecule has 0 atom stereocenters. The highest BCUT2D eigenvalue weighted by atomic mass is 15.2. The summed E-state index contributed by atoms with van der Waals surface area (Å²) >= 11 is 0. The molecule has 0 aromatic carbocycles. The topological polar surface area (TPSA) is 67.1 Å². The van der Waals surface area contributed by atoms with Crippen molar-refractivity contribution < 1.29 is 0 Å². The van der Waals surface area contributed by atoms with Crippen molar-refractivity contribution >= 4 is 17.3 Å². The van der Waals surface area contributed by atoms with E-state index in [4.69, 9.17) is 5.73 Å². The van der Waals surface area contributed by atoms with Gasteiger partial charge in [-0.1, -0.05) is 12.8 Å². The second kappa shape index (κ2) is 5.70. The maximum Gasteiger partial charge on any atom is 0.157 e. The first-order valence-corrected chi connectivity index (χ1v) is 6.42. The molecule has 1 aliphatic heterocycles. The zero-order chi connectivity index (χ0) is 12.1. The number of nitrogens with one attached hydrogen (secondary N) is 1. The summed E-state index contributed by atoms with van der Waals surface area (Å²) in [6.07, 6.45) is 6.65. The van der Waals surface area contributed by atoms with Gasteiger partial charge in [0.15, 0.2) is 11.6 Å². The molecule has 0 radical (unpaired) electrons. The molecule has 3 N–H and O–H groups in total. The van der Waals surface area contributed by atoms with E-state index < -0.39 is 0 Å². The average Bonchev–Trinajstić information content (AvgIpc) is 2.61. The summed E-state index contributed by atoms with van der Waals surface area (Å²) in [7, 11) is 0. The monoisotopic (exact) mass is 235 g/mol. The number of nitrogens with zero attached hydrogens (tertiary/aromatic N) is 3. The molecule has 0 aliphatic carbocycles. The summed E-state index contributed by atoms with van der Waals surface area (Å²) < 4.78 is 0. The first-order chi connectivity index (χ1) is 8.33. The molecule has 17 heavy (non-hydrogen) atoms. The minimum atomic E-state index is 0.677. The Morgan fingerprint density at radius 1 is 1.24 bits per heavy atom. The van der Waals surface area contributed by atoms with Crippen LogP contribution in [0.4, 0.5) is 17.3 Å². The molecule has 1 saturated heterocycles. The normalized spacial score (nSPS) is 16.6. The summed E-state index contributed by atoms with van der Waals surface area (Å²) in [6.45, 7) is 4.95. The van der Waals surface area contributed by atoms with Crippen LogP contribution in [0.3, 0.4) is 0 Å². The Kier molecular flexibility index (Phi) is 4.01. The van der Waals surface area contributed by atoms with Gasteiger partial charge >= 0.3 is 0 Å². The van der Waals surface area contributed by atoms with Crippen molar-refractivity contribution in [1.29, 1.82) is 0 Å². The maximum atomic E-state index is 6.12. The van der Waals surface area contributed by atoms with E-state index in [9.17, 15) is 0 Å². The predicted octanol–water partition coefficient (Wildman–Crippen LogP) is 1.87. The van der Waals surface area contributed by atoms with Crippen LogP contribution < -0.4 is 16.0 Å². The van der Waals surface area contributed by atoms with Gasteiger partial charge in [0.05, 0.1) is 0 Å². The second-order valence-electron chi connectivity index (χ2n) is 4.39. The van der Waals surface area contributed by atoms with Crippen molar-refractivity contribution in [2.45, 2.75) is 32.6 Å². The molecule has 5 nitrogen and oxygen atoms in total. The highest BCUT2D eigenvalue weighted by Gasteiger charge is 2.16. The van der Waals surface area contributed by atoms with Crippen molar-refractivity contribution in [3.8, 4) is 0 Å². The lowest BCUT2D eigenvalue weighted by Crippen LogP contribution is -2.26. The SMILES string of the molecule is CCNc1ncnc(N2CCCCCC2)c1N. The van der Waals surface area contributed by atoms with E-state index in [0.717, 1.165) is 31.3 Å². The van der Waals surface area contributed by atoms with Crippen LogP contribution in [0.15, 0.2) is 6.33 Å². The van der Waals surface area contributed by atoms with Gasteiger partial charge in [0.25, 0.3) is 0 Å². The summed E-state index contributed by atoms with van der Waals surface area (Å²) in [5, 5.41) is 3.17. The number of hydrogen-bond acceptors (Lipinski definition) is 5. The van der Waals surface area contributed by atoms with Gasteiger partial charge in [0.1, 0.15) is 12.0 Å². The zero-order valence-electron chi connectivity index (χ0n) is 10.4. The molecule has 2 rings (SSSR count). The minimum Gasteiger partial charge on any atom is -0.393 e. The number of nitrogen functional groups attached to an aromatic ring is 1. The van der Waals surface area contributed by atoms with Crippen LogP contribution in [0.5, 0.6) is 0 Å². The van der Waals surface area contributed by atoms with Crippen LogP contribution in [0.1, 0.15) is 32.6 Å². The van der Waals surface area contributed by atoms with E-state index in [2.05, 4.69) is 20.2 Å². The number of anilines is 3. The van der Waals surface area contributed by atoms with Crippen LogP contribution in [-0.2, 0) is 0 Å². The Morgan fingerprint density at radius 2 is 1.94 bits per heavy atom. The van der Waals surface area contributed by atoms with E-state index in [-0.39, 0.29) is 0 Å². The van der Waals surface area contributed by atoms with Gasteiger partial charge < -0.3 is 16.0 Å². The van der Waals surface area contributed by atoms with E-state index in [1.807, 2.05) is 6.92 Å². The van der Waals surface area contributed by atoms with Crippen LogP contribution >= 0.6 is 0 Å². The van der Waals surface area contributed by atoms with Crippen molar-refractivity contribution in [3.05, 3.63) is 6.33 Å². The van der Waals surface area contributed by atoms with Crippen molar-refractivity contribution in [2.75, 3.05) is 35.6 Å². The first-order valence-electron chi connectivity index (χ1n) is 6.42. The summed E-state index contributed by atoms with van der Waals surface area (Å²) in [4.78, 5) is 10.8. The molecular weight excluding hydrogens is 214 g/mol. The van der Waals surface area contributed by atoms with Crippen molar-refractivity contribution in [2.24, 2.45) is 0 Å². The molecule has 1 fully saturated rings. The highest BCUT2D eigenvalue weighted by Crippen LogP contribution is 2.27. The van der Waals surface area contributed by atoms with E-state index in [0.29, 0.717) is 5.69 Å². The number of nitrogens with two attached hydrogens (primary N) is 1. The fraction of sp³-hybridized carbons (Fsp3) is 0.667. The highest BCUT2D eigenvalue weighted by molar-refractivity contribution is 5.74. The van der Waals surface area contributed by atoms with E-state index in [1.54, 1.807) is 6.33 Å². The third-order valence-electron chi connectivity index (χ3n) is 3.11. The van der Waals surface area contributed by atoms with Crippen molar-refractivity contribution in [3.63, 3.8) is 0 Å². The average molecular weight is 235 g/mol. The molecule has 1 aliphatic rings. The number of aromatic nitrogens is 2. The predicted molar refractivity (Wildman–Crippen MR) is 71.3 cm³/mol. The molecule has 0 spiro atoms. The van der Waals surface area contributed by atoms with Crippen LogP contribution in [0.2, 0.25) is 0 Å². The lowest BCUT2D eigenvalue weighted by Gasteiger charge is -2.23. The Balaban J connectivity index is 2.21. The third-order valence-corrected chi connectivity index (χ3v) is 3.11.